The van der Waals surface area contributed by atoms with E-state index in [2.05, 4.69) is 31.7 Å². The van der Waals surface area contributed by atoms with Gasteiger partial charge >= 0.3 is 6.03 Å². The summed E-state index contributed by atoms with van der Waals surface area (Å²) in [5.41, 5.74) is -0.0322. The van der Waals surface area contributed by atoms with Gasteiger partial charge in [0.1, 0.15) is 5.54 Å². The third kappa shape index (κ3) is 3.21. The number of nitrogens with zero attached hydrogens (tertiary/aromatic N) is 4. The third-order valence-corrected chi connectivity index (χ3v) is 5.68. The first-order valence-corrected chi connectivity index (χ1v) is 9.31. The van der Waals surface area contributed by atoms with Crippen molar-refractivity contribution in [2.75, 3.05) is 18.4 Å². The molecule has 0 aliphatic carbocycles. The highest BCUT2D eigenvalue weighted by molar-refractivity contribution is 7.22. The minimum Gasteiger partial charge on any atom is -0.352 e. The molecule has 0 spiro atoms. The van der Waals surface area contributed by atoms with Crippen LogP contribution < -0.4 is 10.6 Å². The van der Waals surface area contributed by atoms with Crippen LogP contribution >= 0.6 is 11.3 Å². The second-order valence-electron chi connectivity index (χ2n) is 6.69. The Morgan fingerprint density at radius 2 is 2.11 bits per heavy atom. The number of imide groups is 1. The molecule has 9 heteroatoms. The molecular weight excluding hydrogens is 364 g/mol. The molecule has 138 valence electrons. The Labute approximate surface area is 159 Å². The molecule has 0 saturated carbocycles. The van der Waals surface area contributed by atoms with E-state index < -0.39 is 5.54 Å². The highest BCUT2D eigenvalue weighted by Crippen LogP contribution is 2.32. The molecule has 8 nitrogen and oxygen atoms in total. The van der Waals surface area contributed by atoms with Crippen molar-refractivity contribution < 1.29 is 9.59 Å². The molecule has 0 aromatic carbocycles. The summed E-state index contributed by atoms with van der Waals surface area (Å²) in [7, 11) is 0. The third-order valence-electron chi connectivity index (χ3n) is 4.54. The molecule has 1 aliphatic heterocycles. The predicted molar refractivity (Wildman–Crippen MR) is 103 cm³/mol. The van der Waals surface area contributed by atoms with E-state index in [0.29, 0.717) is 19.0 Å². The quantitative estimate of drug-likeness (QED) is 0.658. The molecule has 1 fully saturated rings. The van der Waals surface area contributed by atoms with Gasteiger partial charge in [-0.1, -0.05) is 0 Å². The number of carbonyl (C=O) groups excluding carboxylic acids is 2. The number of fused-ring (bicyclic) bond motifs is 1. The highest BCUT2D eigenvalue weighted by atomic mass is 32.1. The van der Waals surface area contributed by atoms with Crippen LogP contribution in [0.2, 0.25) is 0 Å². The smallest absolute Gasteiger partial charge is 0.325 e. The fourth-order valence-corrected chi connectivity index (χ4v) is 3.95. The van der Waals surface area contributed by atoms with Gasteiger partial charge in [0.15, 0.2) is 0 Å². The number of hydrogen-bond acceptors (Lipinski definition) is 7. The Balaban J connectivity index is 1.45. The molecule has 3 amide bonds. The molecule has 0 radical (unpaired) electrons. The van der Waals surface area contributed by atoms with E-state index in [0.717, 1.165) is 20.7 Å². The molecule has 27 heavy (non-hydrogen) atoms. The molecule has 0 bridgehead atoms. The van der Waals surface area contributed by atoms with Crippen molar-refractivity contribution in [2.24, 2.45) is 0 Å². The second kappa shape index (κ2) is 6.58. The molecule has 4 rings (SSSR count). The maximum atomic E-state index is 11.9. The minimum absolute atomic E-state index is 0.287. The number of aromatic nitrogens is 3. The van der Waals surface area contributed by atoms with Crippen LogP contribution in [0.5, 0.6) is 0 Å². The lowest BCUT2D eigenvalue weighted by molar-refractivity contribution is -0.125. The number of urea groups is 1. The van der Waals surface area contributed by atoms with Crippen LogP contribution in [0.25, 0.3) is 20.7 Å². The van der Waals surface area contributed by atoms with E-state index in [9.17, 15) is 9.59 Å². The van der Waals surface area contributed by atoms with Crippen molar-refractivity contribution >= 4 is 39.3 Å². The topological polar surface area (TPSA) is 100 Å². The Morgan fingerprint density at radius 1 is 1.26 bits per heavy atom. The first-order chi connectivity index (χ1) is 12.9. The number of rotatable bonds is 5. The maximum absolute atomic E-state index is 11.9. The zero-order valence-electron chi connectivity index (χ0n) is 14.9. The predicted octanol–water partition coefficient (Wildman–Crippen LogP) is 2.50. The number of thiophene rings is 1. The Bertz CT molecular complexity index is 998. The van der Waals surface area contributed by atoms with Crippen LogP contribution in [0.15, 0.2) is 36.8 Å². The summed E-state index contributed by atoms with van der Waals surface area (Å²) in [6.07, 6.45) is 5.31. The molecule has 3 aromatic heterocycles. The van der Waals surface area contributed by atoms with E-state index in [1.54, 1.807) is 37.6 Å². The lowest BCUT2D eigenvalue weighted by Gasteiger charge is -2.27. The monoisotopic (exact) mass is 382 g/mol. The van der Waals surface area contributed by atoms with E-state index in [4.69, 9.17) is 0 Å². The van der Waals surface area contributed by atoms with Crippen LogP contribution in [0.1, 0.15) is 13.8 Å². The number of anilines is 1. The Kier molecular flexibility index (Phi) is 4.23. The number of amides is 3. The average molecular weight is 382 g/mol. The van der Waals surface area contributed by atoms with Gasteiger partial charge in [-0.05, 0) is 32.0 Å². The first kappa shape index (κ1) is 17.3. The van der Waals surface area contributed by atoms with Gasteiger partial charge < -0.3 is 10.2 Å². The maximum Gasteiger partial charge on any atom is 0.325 e. The standard InChI is InChI=1S/C18H18N6O2S/c1-18(2)15(25)23-17(26)24(18)8-7-21-16-20-6-3-12(22-16)14-9-11-10-19-5-4-13(11)27-14/h3-6,9-10H,7-8H2,1-2H3,(H,20,21,22)(H,23,25,26). The zero-order valence-corrected chi connectivity index (χ0v) is 15.7. The molecule has 2 N–H and O–H groups in total. The van der Waals surface area contributed by atoms with Crippen LogP contribution in [-0.4, -0.2) is 50.4 Å². The summed E-state index contributed by atoms with van der Waals surface area (Å²) in [4.78, 5) is 39.2. The summed E-state index contributed by atoms with van der Waals surface area (Å²) >= 11 is 1.65. The van der Waals surface area contributed by atoms with E-state index >= 15 is 0 Å². The minimum atomic E-state index is -0.855. The molecule has 1 aliphatic rings. The number of nitrogens with one attached hydrogen (secondary N) is 2. The molecule has 3 aromatic rings. The number of carbonyl (C=O) groups is 2. The van der Waals surface area contributed by atoms with E-state index in [-0.39, 0.29) is 11.9 Å². The summed E-state index contributed by atoms with van der Waals surface area (Å²) in [6, 6.07) is 5.52. The van der Waals surface area contributed by atoms with Crippen molar-refractivity contribution in [1.82, 2.24) is 25.2 Å². The molecule has 1 saturated heterocycles. The summed E-state index contributed by atoms with van der Waals surface area (Å²) in [5, 5.41) is 6.54. The second-order valence-corrected chi connectivity index (χ2v) is 7.77. The van der Waals surface area contributed by atoms with Crippen LogP contribution in [-0.2, 0) is 4.79 Å². The van der Waals surface area contributed by atoms with Gasteiger partial charge in [0.25, 0.3) is 5.91 Å². The van der Waals surface area contributed by atoms with Crippen molar-refractivity contribution in [3.05, 3.63) is 36.8 Å². The van der Waals surface area contributed by atoms with Gasteiger partial charge in [0, 0.05) is 41.8 Å². The Morgan fingerprint density at radius 3 is 2.85 bits per heavy atom. The lowest BCUT2D eigenvalue weighted by Crippen LogP contribution is -2.46. The van der Waals surface area contributed by atoms with Gasteiger partial charge in [0.2, 0.25) is 5.95 Å². The van der Waals surface area contributed by atoms with Crippen molar-refractivity contribution in [3.63, 3.8) is 0 Å². The fourth-order valence-electron chi connectivity index (χ4n) is 2.95. The normalized spacial score (nSPS) is 16.0. The van der Waals surface area contributed by atoms with Crippen molar-refractivity contribution in [3.8, 4) is 10.6 Å². The fraction of sp³-hybridized carbons (Fsp3) is 0.278. The van der Waals surface area contributed by atoms with Gasteiger partial charge in [-0.3, -0.25) is 15.1 Å². The van der Waals surface area contributed by atoms with Gasteiger partial charge in [-0.2, -0.15) is 0 Å². The van der Waals surface area contributed by atoms with Crippen molar-refractivity contribution in [2.45, 2.75) is 19.4 Å². The van der Waals surface area contributed by atoms with Crippen LogP contribution in [0.3, 0.4) is 0 Å². The molecule has 0 unspecified atom stereocenters. The first-order valence-electron chi connectivity index (χ1n) is 8.49. The van der Waals surface area contributed by atoms with Gasteiger partial charge in [-0.15, -0.1) is 11.3 Å². The number of hydrogen-bond donors (Lipinski definition) is 2. The summed E-state index contributed by atoms with van der Waals surface area (Å²) in [6.45, 7) is 4.25. The SMILES string of the molecule is CC1(C)C(=O)NC(=O)N1CCNc1nccc(-c2cc3cnccc3s2)n1. The zero-order chi connectivity index (χ0) is 19.0. The molecule has 0 atom stereocenters. The average Bonchev–Trinajstić information content (AvgIpc) is 3.16. The summed E-state index contributed by atoms with van der Waals surface area (Å²) < 4.78 is 1.15. The highest BCUT2D eigenvalue weighted by Gasteiger charge is 2.44. The van der Waals surface area contributed by atoms with Crippen LogP contribution in [0.4, 0.5) is 10.7 Å². The molecule has 4 heterocycles. The van der Waals surface area contributed by atoms with Crippen LogP contribution in [0, 0.1) is 0 Å². The van der Waals surface area contributed by atoms with E-state index in [1.165, 1.54) is 4.90 Å². The van der Waals surface area contributed by atoms with Gasteiger partial charge in [0.05, 0.1) is 10.6 Å². The molecular formula is C18H18N6O2S. The number of pyridine rings is 1. The lowest BCUT2D eigenvalue weighted by atomic mass is 10.0. The largest absolute Gasteiger partial charge is 0.352 e. The van der Waals surface area contributed by atoms with Gasteiger partial charge in [-0.25, -0.2) is 14.8 Å². The summed E-state index contributed by atoms with van der Waals surface area (Å²) in [5.74, 6) is 0.191. The van der Waals surface area contributed by atoms with Crippen molar-refractivity contribution in [1.29, 1.82) is 0 Å². The Hall–Kier alpha value is -3.07. The van der Waals surface area contributed by atoms with E-state index in [1.807, 2.05) is 18.3 Å².